The van der Waals surface area contributed by atoms with E-state index in [0.29, 0.717) is 13.0 Å². The van der Waals surface area contributed by atoms with Crippen LogP contribution in [0.3, 0.4) is 0 Å². The fourth-order valence-corrected chi connectivity index (χ4v) is 2.40. The highest BCUT2D eigenvalue weighted by atomic mass is 32.2. The van der Waals surface area contributed by atoms with Gasteiger partial charge < -0.3 is 16.4 Å². The summed E-state index contributed by atoms with van der Waals surface area (Å²) < 4.78 is 0. The topological polar surface area (TPSA) is 84.2 Å². The van der Waals surface area contributed by atoms with Crippen LogP contribution in [0.15, 0.2) is 30.3 Å². The molecule has 1 unspecified atom stereocenters. The number of carbonyl (C=O) groups is 2. The van der Waals surface area contributed by atoms with E-state index in [0.717, 1.165) is 11.3 Å². The lowest BCUT2D eigenvalue weighted by atomic mass is 10.1. The molecule has 0 saturated heterocycles. The summed E-state index contributed by atoms with van der Waals surface area (Å²) in [6.07, 6.45) is 2.85. The van der Waals surface area contributed by atoms with Crippen molar-refractivity contribution >= 4 is 23.6 Å². The van der Waals surface area contributed by atoms with Crippen LogP contribution in [0.4, 0.5) is 0 Å². The van der Waals surface area contributed by atoms with Crippen molar-refractivity contribution in [2.75, 3.05) is 18.6 Å². The summed E-state index contributed by atoms with van der Waals surface area (Å²) >= 11 is 1.65. The molecule has 1 aromatic rings. The molecule has 0 aromatic heterocycles. The maximum absolute atomic E-state index is 12.2. The highest BCUT2D eigenvalue weighted by Crippen LogP contribution is 2.04. The summed E-state index contributed by atoms with van der Waals surface area (Å²) in [6.45, 7) is 2.22. The molecule has 0 spiro atoms. The predicted molar refractivity (Wildman–Crippen MR) is 91.7 cm³/mol. The van der Waals surface area contributed by atoms with Gasteiger partial charge in [0, 0.05) is 12.6 Å². The number of carbonyl (C=O) groups excluding carboxylic acids is 2. The van der Waals surface area contributed by atoms with Crippen molar-refractivity contribution in [1.82, 2.24) is 10.6 Å². The van der Waals surface area contributed by atoms with E-state index in [1.165, 1.54) is 0 Å². The Morgan fingerprint density at radius 2 is 1.91 bits per heavy atom. The van der Waals surface area contributed by atoms with E-state index in [1.807, 2.05) is 43.5 Å². The molecule has 0 aliphatic carbocycles. The monoisotopic (exact) mass is 323 g/mol. The van der Waals surface area contributed by atoms with Gasteiger partial charge in [0.05, 0.1) is 6.42 Å². The minimum atomic E-state index is -0.516. The molecule has 0 saturated carbocycles. The lowest BCUT2D eigenvalue weighted by molar-refractivity contribution is -0.129. The molecule has 0 bridgehead atoms. The standard InChI is InChI=1S/C16H25N3O2S/c1-12(11-17)18-16(21)14(8-9-22-2)19-15(20)10-13-6-4-3-5-7-13/h3-7,12,14H,8-11,17H2,1-2H3,(H,18,21)(H,19,20)/t12-,14?/m0/s1. The largest absolute Gasteiger partial charge is 0.351 e. The van der Waals surface area contributed by atoms with Gasteiger partial charge in [0.2, 0.25) is 11.8 Å². The number of hydrogen-bond acceptors (Lipinski definition) is 4. The number of nitrogens with one attached hydrogen (secondary N) is 2. The second-order valence-corrected chi connectivity index (χ2v) is 6.19. The molecule has 0 radical (unpaired) electrons. The predicted octanol–water partition coefficient (Wildman–Crippen LogP) is 0.930. The zero-order chi connectivity index (χ0) is 16.4. The van der Waals surface area contributed by atoms with Crippen molar-refractivity contribution in [2.45, 2.75) is 31.8 Å². The van der Waals surface area contributed by atoms with E-state index >= 15 is 0 Å². The van der Waals surface area contributed by atoms with Crippen molar-refractivity contribution in [1.29, 1.82) is 0 Å². The second kappa shape index (κ2) is 10.2. The zero-order valence-electron chi connectivity index (χ0n) is 13.2. The quantitative estimate of drug-likeness (QED) is 0.631. The molecule has 2 amide bonds. The van der Waals surface area contributed by atoms with Gasteiger partial charge in [-0.1, -0.05) is 30.3 Å². The fourth-order valence-electron chi connectivity index (χ4n) is 1.93. The third kappa shape index (κ3) is 6.95. The number of thioether (sulfide) groups is 1. The van der Waals surface area contributed by atoms with Gasteiger partial charge in [0.25, 0.3) is 0 Å². The molecular weight excluding hydrogens is 298 g/mol. The molecule has 0 heterocycles. The van der Waals surface area contributed by atoms with Crippen molar-refractivity contribution in [2.24, 2.45) is 5.73 Å². The summed E-state index contributed by atoms with van der Waals surface area (Å²) in [5.74, 6) is 0.488. The minimum absolute atomic E-state index is 0.102. The fraction of sp³-hybridized carbons (Fsp3) is 0.500. The van der Waals surface area contributed by atoms with Crippen molar-refractivity contribution in [3.8, 4) is 0 Å². The first-order valence-corrected chi connectivity index (χ1v) is 8.78. The van der Waals surface area contributed by atoms with Crippen LogP contribution in [-0.4, -0.2) is 42.5 Å². The molecule has 22 heavy (non-hydrogen) atoms. The lowest BCUT2D eigenvalue weighted by Crippen LogP contribution is -2.51. The Labute approximate surface area is 136 Å². The summed E-state index contributed by atoms with van der Waals surface area (Å²) in [5.41, 5.74) is 6.45. The molecule has 0 aliphatic heterocycles. The minimum Gasteiger partial charge on any atom is -0.351 e. The Bertz CT molecular complexity index is 468. The molecule has 2 atom stereocenters. The van der Waals surface area contributed by atoms with Gasteiger partial charge in [0.1, 0.15) is 6.04 Å². The maximum Gasteiger partial charge on any atom is 0.242 e. The SMILES string of the molecule is CSCCC(NC(=O)Cc1ccccc1)C(=O)N[C@@H](C)CN. The van der Waals surface area contributed by atoms with Gasteiger partial charge in [-0.15, -0.1) is 0 Å². The highest BCUT2D eigenvalue weighted by molar-refractivity contribution is 7.98. The molecule has 1 rings (SSSR count). The van der Waals surface area contributed by atoms with Crippen LogP contribution in [0.5, 0.6) is 0 Å². The van der Waals surface area contributed by atoms with Gasteiger partial charge >= 0.3 is 0 Å². The second-order valence-electron chi connectivity index (χ2n) is 5.21. The van der Waals surface area contributed by atoms with E-state index in [9.17, 15) is 9.59 Å². The molecule has 5 nitrogen and oxygen atoms in total. The van der Waals surface area contributed by atoms with Crippen LogP contribution < -0.4 is 16.4 Å². The van der Waals surface area contributed by atoms with Gasteiger partial charge in [-0.3, -0.25) is 9.59 Å². The van der Waals surface area contributed by atoms with Crippen LogP contribution in [-0.2, 0) is 16.0 Å². The summed E-state index contributed by atoms with van der Waals surface area (Å²) in [6, 6.07) is 8.87. The first-order valence-electron chi connectivity index (χ1n) is 7.39. The summed E-state index contributed by atoms with van der Waals surface area (Å²) in [4.78, 5) is 24.3. The number of nitrogens with two attached hydrogens (primary N) is 1. The van der Waals surface area contributed by atoms with Gasteiger partial charge in [-0.05, 0) is 30.9 Å². The third-order valence-corrected chi connectivity index (χ3v) is 3.86. The van der Waals surface area contributed by atoms with E-state index in [-0.39, 0.29) is 24.3 Å². The van der Waals surface area contributed by atoms with Crippen molar-refractivity contribution in [3.05, 3.63) is 35.9 Å². The van der Waals surface area contributed by atoms with Crippen molar-refractivity contribution < 1.29 is 9.59 Å². The average Bonchev–Trinajstić information content (AvgIpc) is 2.52. The Hall–Kier alpha value is -1.53. The van der Waals surface area contributed by atoms with Gasteiger partial charge in [-0.25, -0.2) is 0 Å². The third-order valence-electron chi connectivity index (χ3n) is 3.21. The number of hydrogen-bond donors (Lipinski definition) is 3. The molecule has 0 aliphatic rings. The zero-order valence-corrected chi connectivity index (χ0v) is 14.0. The molecule has 1 aromatic carbocycles. The first kappa shape index (κ1) is 18.5. The van der Waals surface area contributed by atoms with Crippen LogP contribution in [0, 0.1) is 0 Å². The van der Waals surface area contributed by atoms with E-state index in [4.69, 9.17) is 5.73 Å². The molecule has 6 heteroatoms. The van der Waals surface area contributed by atoms with Gasteiger partial charge in [0.15, 0.2) is 0 Å². The Balaban J connectivity index is 2.59. The van der Waals surface area contributed by atoms with Gasteiger partial charge in [-0.2, -0.15) is 11.8 Å². The van der Waals surface area contributed by atoms with E-state index in [2.05, 4.69) is 10.6 Å². The van der Waals surface area contributed by atoms with E-state index < -0.39 is 6.04 Å². The normalized spacial score (nSPS) is 13.2. The van der Waals surface area contributed by atoms with Crippen molar-refractivity contribution in [3.63, 3.8) is 0 Å². The van der Waals surface area contributed by atoms with Crippen LogP contribution >= 0.6 is 11.8 Å². The smallest absolute Gasteiger partial charge is 0.242 e. The number of rotatable bonds is 9. The highest BCUT2D eigenvalue weighted by Gasteiger charge is 2.21. The number of benzene rings is 1. The average molecular weight is 323 g/mol. The summed E-state index contributed by atoms with van der Waals surface area (Å²) in [5, 5.41) is 5.64. The summed E-state index contributed by atoms with van der Waals surface area (Å²) in [7, 11) is 0. The van der Waals surface area contributed by atoms with Crippen LogP contribution in [0.1, 0.15) is 18.9 Å². The molecular formula is C16H25N3O2S. The van der Waals surface area contributed by atoms with E-state index in [1.54, 1.807) is 11.8 Å². The van der Waals surface area contributed by atoms with Crippen LogP contribution in [0.25, 0.3) is 0 Å². The maximum atomic E-state index is 12.2. The Morgan fingerprint density at radius 3 is 2.50 bits per heavy atom. The first-order chi connectivity index (χ1) is 10.6. The molecule has 4 N–H and O–H groups in total. The lowest BCUT2D eigenvalue weighted by Gasteiger charge is -2.20. The number of amides is 2. The Morgan fingerprint density at radius 1 is 1.23 bits per heavy atom. The Kier molecular flexibility index (Phi) is 8.62. The van der Waals surface area contributed by atoms with Crippen LogP contribution in [0.2, 0.25) is 0 Å². The molecule has 0 fully saturated rings. The molecule has 122 valence electrons.